The Hall–Kier alpha value is 0.316. The van der Waals surface area contributed by atoms with Crippen LogP contribution in [0.1, 0.15) is 0 Å². The molecule has 0 aromatic carbocycles. The predicted molar refractivity (Wildman–Crippen MR) is 30.2 cm³/mol. The number of carboxylic acids is 2. The van der Waals surface area contributed by atoms with Gasteiger partial charge in [0, 0.05) is 63.5 Å². The smallest absolute Gasteiger partial charge is 0.328 e. The molecule has 0 aromatic rings. The van der Waals surface area contributed by atoms with Gasteiger partial charge < -0.3 is 10.2 Å². The van der Waals surface area contributed by atoms with Gasteiger partial charge in [-0.2, -0.15) is 0 Å². The minimum Gasteiger partial charge on any atom is -0.478 e. The van der Waals surface area contributed by atoms with E-state index in [0.29, 0.717) is 12.2 Å². The van der Waals surface area contributed by atoms with Crippen molar-refractivity contribution in [2.45, 2.75) is 0 Å². The van der Waals surface area contributed by atoms with Crippen molar-refractivity contribution in [2.75, 3.05) is 0 Å². The van der Waals surface area contributed by atoms with E-state index >= 15 is 0 Å². The van der Waals surface area contributed by atoms with Crippen molar-refractivity contribution in [3.05, 3.63) is 12.2 Å². The van der Waals surface area contributed by atoms with E-state index in [1.807, 2.05) is 0 Å². The second-order valence-corrected chi connectivity index (χ2v) is 1.01. The summed E-state index contributed by atoms with van der Waals surface area (Å²) in [4.78, 5) is 19.1. The topological polar surface area (TPSA) is 74.6 Å². The summed E-state index contributed by atoms with van der Waals surface area (Å²) in [5, 5.41) is 15.6. The van der Waals surface area contributed by atoms with Crippen LogP contribution in [0, 0.1) is 0 Å². The Balaban J connectivity index is 0. The van der Waals surface area contributed by atoms with Crippen LogP contribution < -0.4 is 0 Å². The molecule has 0 aliphatic carbocycles. The molecule has 0 atom stereocenters. The van der Waals surface area contributed by atoms with E-state index in [1.54, 1.807) is 0 Å². The summed E-state index contributed by atoms with van der Waals surface area (Å²) in [6, 6.07) is 0. The number of carbonyl (C=O) groups is 2. The molecule has 0 rings (SSSR count). The molecule has 5 heteroatoms. The molecule has 0 spiro atoms. The van der Waals surface area contributed by atoms with Crippen LogP contribution in [0.4, 0.5) is 0 Å². The van der Waals surface area contributed by atoms with Gasteiger partial charge in [0.05, 0.1) is 0 Å². The van der Waals surface area contributed by atoms with Crippen molar-refractivity contribution < 1.29 is 19.8 Å². The number of hydrogen-bond acceptors (Lipinski definition) is 2. The van der Waals surface area contributed by atoms with Gasteiger partial charge in [-0.3, -0.25) is 0 Å². The molecule has 0 bridgehead atoms. The van der Waals surface area contributed by atoms with Gasteiger partial charge in [0.15, 0.2) is 0 Å². The third-order valence-electron chi connectivity index (χ3n) is 0.368. The minimum atomic E-state index is -1.26. The van der Waals surface area contributed by atoms with E-state index in [9.17, 15) is 9.59 Å². The first kappa shape index (κ1) is 12.0. The maximum absolute atomic E-state index is 9.55. The van der Waals surface area contributed by atoms with E-state index in [-0.39, 0.29) is 51.4 Å². The fraction of sp³-hybridized carbons (Fsp3) is 0. The molecule has 1 radical (unpaired) electrons. The van der Waals surface area contributed by atoms with Gasteiger partial charge in [0.2, 0.25) is 0 Å². The van der Waals surface area contributed by atoms with Crippen molar-refractivity contribution >= 4 is 63.3 Å². The maximum Gasteiger partial charge on any atom is 0.328 e. The number of rotatable bonds is 2. The first-order valence-corrected chi connectivity index (χ1v) is 1.77. The van der Waals surface area contributed by atoms with Crippen LogP contribution in [-0.4, -0.2) is 73.5 Å². The fourth-order valence-electron chi connectivity index (χ4n) is 0.143. The standard InChI is InChI=1S/C4H4O4.K/c5-3(6)1-2-4(7)8;/h1-2H,(H,5,6)(H,7,8);/b2-1+;. The van der Waals surface area contributed by atoms with Crippen LogP contribution in [0.5, 0.6) is 0 Å². The Kier molecular flexibility index (Phi) is 8.61. The van der Waals surface area contributed by atoms with Crippen LogP contribution in [0.15, 0.2) is 12.2 Å². The molecule has 0 saturated heterocycles. The number of aliphatic carboxylic acids is 2. The Morgan fingerprint density at radius 3 is 1.33 bits per heavy atom. The molecule has 0 aliphatic heterocycles. The largest absolute Gasteiger partial charge is 0.478 e. The van der Waals surface area contributed by atoms with Crippen molar-refractivity contribution in [2.24, 2.45) is 0 Å². The first-order valence-electron chi connectivity index (χ1n) is 1.77. The Bertz CT molecular complexity index is 124. The van der Waals surface area contributed by atoms with Crippen LogP contribution in [0.2, 0.25) is 0 Å². The maximum atomic E-state index is 9.55. The first-order chi connectivity index (χ1) is 3.63. The molecule has 0 saturated carbocycles. The molecule has 0 amide bonds. The van der Waals surface area contributed by atoms with Crippen molar-refractivity contribution in [1.29, 1.82) is 0 Å². The summed E-state index contributed by atoms with van der Waals surface area (Å²) >= 11 is 0. The van der Waals surface area contributed by atoms with E-state index in [0.717, 1.165) is 0 Å². The summed E-state index contributed by atoms with van der Waals surface area (Å²) in [6.45, 7) is 0. The molecule has 2 N–H and O–H groups in total. The average molecular weight is 155 g/mol. The SMILES string of the molecule is O=C(O)/C=C/C(=O)O.[K]. The van der Waals surface area contributed by atoms with Crippen LogP contribution >= 0.6 is 0 Å². The molecule has 0 heterocycles. The quantitative estimate of drug-likeness (QED) is 0.409. The Morgan fingerprint density at radius 1 is 1.00 bits per heavy atom. The number of hydrogen-bond donors (Lipinski definition) is 2. The number of carboxylic acid groups (broad SMARTS) is 2. The third-order valence-corrected chi connectivity index (χ3v) is 0.368. The molecule has 45 valence electrons. The monoisotopic (exact) mass is 155 g/mol. The van der Waals surface area contributed by atoms with Gasteiger partial charge >= 0.3 is 11.9 Å². The van der Waals surface area contributed by atoms with E-state index in [4.69, 9.17) is 10.2 Å². The average Bonchev–Trinajstić information content (AvgIpc) is 1.61. The van der Waals surface area contributed by atoms with Gasteiger partial charge in [-0.25, -0.2) is 9.59 Å². The molecular formula is C4H4KO4. The molecule has 0 aliphatic rings. The Morgan fingerprint density at radius 2 is 1.22 bits per heavy atom. The molecule has 9 heavy (non-hydrogen) atoms. The summed E-state index contributed by atoms with van der Waals surface area (Å²) in [5.74, 6) is -2.51. The minimum absolute atomic E-state index is 0. The summed E-state index contributed by atoms with van der Waals surface area (Å²) < 4.78 is 0. The predicted octanol–water partition coefficient (Wildman–Crippen LogP) is -0.669. The van der Waals surface area contributed by atoms with Crippen LogP contribution in [0.3, 0.4) is 0 Å². The van der Waals surface area contributed by atoms with Gasteiger partial charge in [-0.1, -0.05) is 0 Å². The summed E-state index contributed by atoms with van der Waals surface area (Å²) in [6.07, 6.45) is 1.12. The van der Waals surface area contributed by atoms with E-state index < -0.39 is 11.9 Å². The molecule has 0 unspecified atom stereocenters. The normalized spacial score (nSPS) is 8.44. The summed E-state index contributed by atoms with van der Waals surface area (Å²) in [5.41, 5.74) is 0. The zero-order valence-electron chi connectivity index (χ0n) is 4.87. The zero-order chi connectivity index (χ0) is 6.57. The summed E-state index contributed by atoms with van der Waals surface area (Å²) in [7, 11) is 0. The second kappa shape index (κ2) is 6.44. The molecule has 0 fully saturated rings. The van der Waals surface area contributed by atoms with Gasteiger partial charge in [-0.15, -0.1) is 0 Å². The third kappa shape index (κ3) is 11.7. The van der Waals surface area contributed by atoms with Crippen LogP contribution in [-0.2, 0) is 9.59 Å². The van der Waals surface area contributed by atoms with E-state index in [2.05, 4.69) is 0 Å². The zero-order valence-corrected chi connectivity index (χ0v) is 7.99. The van der Waals surface area contributed by atoms with Crippen molar-refractivity contribution in [1.82, 2.24) is 0 Å². The van der Waals surface area contributed by atoms with Gasteiger partial charge in [0.1, 0.15) is 0 Å². The van der Waals surface area contributed by atoms with Gasteiger partial charge in [0.25, 0.3) is 0 Å². The van der Waals surface area contributed by atoms with Crippen LogP contribution in [0.25, 0.3) is 0 Å². The van der Waals surface area contributed by atoms with Crippen molar-refractivity contribution in [3.63, 3.8) is 0 Å². The molecular weight excluding hydrogens is 151 g/mol. The Labute approximate surface area is 94.0 Å². The van der Waals surface area contributed by atoms with E-state index in [1.165, 1.54) is 0 Å². The molecule has 4 nitrogen and oxygen atoms in total. The van der Waals surface area contributed by atoms with Crippen molar-refractivity contribution in [3.8, 4) is 0 Å². The van der Waals surface area contributed by atoms with Gasteiger partial charge in [-0.05, 0) is 0 Å². The fourth-order valence-corrected chi connectivity index (χ4v) is 0.143. The molecule has 0 aromatic heterocycles. The second-order valence-electron chi connectivity index (χ2n) is 1.01.